The standard InChI is InChI=1S/C36H36N2O6S/c1-43-33-20-18-31(19-21-33)36(29-10-3-2-4-11-29,30-16-14-27(26-39)15-17-30)44-25-22-32(40)12-7-24-38-45(41,42)34-13-5-8-28-9-6-23-37-35(28)34/h2-6,8-11,13-21,23,26,32,38,40H,7,12,22,24-25H2,1H3. The summed E-state index contributed by atoms with van der Waals surface area (Å²) in [6.07, 6.45) is 2.81. The second-order valence-electron chi connectivity index (χ2n) is 10.7. The zero-order valence-corrected chi connectivity index (χ0v) is 25.8. The average Bonchev–Trinajstić information content (AvgIpc) is 3.09. The average molecular weight is 625 g/mol. The van der Waals surface area contributed by atoms with E-state index in [4.69, 9.17) is 9.47 Å². The SMILES string of the molecule is COc1ccc(C(OCCC(O)CCCNS(=O)(=O)c2cccc3cccnc23)(c2ccccc2)c2ccc(C=O)cc2)cc1. The van der Waals surface area contributed by atoms with Crippen LogP contribution in [0, 0.1) is 0 Å². The number of hydrogen-bond donors (Lipinski definition) is 2. The smallest absolute Gasteiger partial charge is 0.242 e. The monoisotopic (exact) mass is 624 g/mol. The first-order valence-corrected chi connectivity index (χ1v) is 16.3. The summed E-state index contributed by atoms with van der Waals surface area (Å²) in [5.74, 6) is 0.708. The molecule has 0 bridgehead atoms. The molecule has 45 heavy (non-hydrogen) atoms. The highest BCUT2D eigenvalue weighted by Gasteiger charge is 2.37. The number of carbonyl (C=O) groups is 1. The van der Waals surface area contributed by atoms with Gasteiger partial charge in [0.05, 0.1) is 25.3 Å². The van der Waals surface area contributed by atoms with Gasteiger partial charge in [-0.15, -0.1) is 0 Å². The third-order valence-corrected chi connectivity index (χ3v) is 9.28. The van der Waals surface area contributed by atoms with Crippen molar-refractivity contribution >= 4 is 27.2 Å². The highest BCUT2D eigenvalue weighted by Crippen LogP contribution is 2.41. The van der Waals surface area contributed by atoms with E-state index >= 15 is 0 Å². The number of aromatic nitrogens is 1. The van der Waals surface area contributed by atoms with Crippen LogP contribution >= 0.6 is 0 Å². The van der Waals surface area contributed by atoms with Gasteiger partial charge in [-0.25, -0.2) is 13.1 Å². The molecule has 232 valence electrons. The fourth-order valence-corrected chi connectivity index (χ4v) is 6.70. The molecule has 0 saturated heterocycles. The lowest BCUT2D eigenvalue weighted by Crippen LogP contribution is -2.34. The van der Waals surface area contributed by atoms with E-state index in [-0.39, 0.29) is 18.0 Å². The Morgan fingerprint density at radius 3 is 2.20 bits per heavy atom. The molecular formula is C36H36N2O6S. The van der Waals surface area contributed by atoms with E-state index < -0.39 is 21.7 Å². The molecule has 1 aromatic heterocycles. The first-order valence-electron chi connectivity index (χ1n) is 14.8. The quantitative estimate of drug-likeness (QED) is 0.0850. The van der Waals surface area contributed by atoms with Crippen LogP contribution in [0.25, 0.3) is 10.9 Å². The third kappa shape index (κ3) is 7.29. The molecule has 2 atom stereocenters. The van der Waals surface area contributed by atoms with Crippen molar-refractivity contribution < 1.29 is 27.8 Å². The first kappa shape index (κ1) is 32.0. The minimum Gasteiger partial charge on any atom is -0.497 e. The molecule has 8 nitrogen and oxygen atoms in total. The summed E-state index contributed by atoms with van der Waals surface area (Å²) in [5.41, 5.74) is 2.52. The van der Waals surface area contributed by atoms with Crippen LogP contribution in [0.15, 0.2) is 120 Å². The van der Waals surface area contributed by atoms with Gasteiger partial charge in [0, 0.05) is 23.7 Å². The largest absolute Gasteiger partial charge is 0.497 e. The third-order valence-electron chi connectivity index (χ3n) is 7.79. The number of carbonyl (C=O) groups excluding carboxylic acids is 1. The van der Waals surface area contributed by atoms with Gasteiger partial charge in [0.15, 0.2) is 0 Å². The number of fused-ring (bicyclic) bond motifs is 1. The van der Waals surface area contributed by atoms with Crippen molar-refractivity contribution in [1.29, 1.82) is 0 Å². The Morgan fingerprint density at radius 1 is 0.844 bits per heavy atom. The maximum Gasteiger partial charge on any atom is 0.242 e. The molecule has 0 aliphatic rings. The predicted octanol–water partition coefficient (Wildman–Crippen LogP) is 5.87. The van der Waals surface area contributed by atoms with E-state index in [1.807, 2.05) is 78.9 Å². The number of aliphatic hydroxyl groups is 1. The minimum absolute atomic E-state index is 0.131. The fraction of sp³-hybridized carbons (Fsp3) is 0.222. The van der Waals surface area contributed by atoms with Gasteiger partial charge < -0.3 is 14.6 Å². The number of sulfonamides is 1. The molecule has 0 spiro atoms. The van der Waals surface area contributed by atoms with Crippen molar-refractivity contribution in [2.24, 2.45) is 0 Å². The van der Waals surface area contributed by atoms with Crippen LogP contribution in [0.4, 0.5) is 0 Å². The molecular weight excluding hydrogens is 588 g/mol. The van der Waals surface area contributed by atoms with Gasteiger partial charge >= 0.3 is 0 Å². The zero-order valence-electron chi connectivity index (χ0n) is 25.0. The predicted molar refractivity (Wildman–Crippen MR) is 174 cm³/mol. The number of hydrogen-bond acceptors (Lipinski definition) is 7. The summed E-state index contributed by atoms with van der Waals surface area (Å²) in [5, 5.41) is 11.6. The number of nitrogens with zero attached hydrogens (tertiary/aromatic N) is 1. The minimum atomic E-state index is -3.77. The van der Waals surface area contributed by atoms with E-state index in [0.717, 1.165) is 28.4 Å². The van der Waals surface area contributed by atoms with Crippen LogP contribution in [0.5, 0.6) is 5.75 Å². The van der Waals surface area contributed by atoms with Crippen molar-refractivity contribution in [2.45, 2.75) is 35.9 Å². The highest BCUT2D eigenvalue weighted by molar-refractivity contribution is 7.89. The lowest BCUT2D eigenvalue weighted by molar-refractivity contribution is -0.00650. The van der Waals surface area contributed by atoms with E-state index in [1.165, 1.54) is 6.07 Å². The van der Waals surface area contributed by atoms with Crippen LogP contribution in [-0.2, 0) is 20.4 Å². The van der Waals surface area contributed by atoms with Gasteiger partial charge in [0.2, 0.25) is 10.0 Å². The van der Waals surface area contributed by atoms with Gasteiger partial charge in [-0.3, -0.25) is 9.78 Å². The number of benzene rings is 4. The summed E-state index contributed by atoms with van der Waals surface area (Å²) in [6, 6.07) is 33.4. The number of methoxy groups -OCH3 is 1. The van der Waals surface area contributed by atoms with Crippen LogP contribution in [0.3, 0.4) is 0 Å². The van der Waals surface area contributed by atoms with Crippen LogP contribution < -0.4 is 9.46 Å². The van der Waals surface area contributed by atoms with Crippen molar-refractivity contribution in [3.63, 3.8) is 0 Å². The maximum absolute atomic E-state index is 13.0. The Morgan fingerprint density at radius 2 is 1.51 bits per heavy atom. The number of rotatable bonds is 15. The lowest BCUT2D eigenvalue weighted by atomic mass is 9.79. The van der Waals surface area contributed by atoms with Gasteiger partial charge in [-0.05, 0) is 60.2 Å². The van der Waals surface area contributed by atoms with Gasteiger partial charge in [-0.2, -0.15) is 0 Å². The second-order valence-corrected chi connectivity index (χ2v) is 12.4. The van der Waals surface area contributed by atoms with E-state index in [2.05, 4.69) is 9.71 Å². The van der Waals surface area contributed by atoms with Crippen LogP contribution in [0.2, 0.25) is 0 Å². The molecule has 0 amide bonds. The molecule has 0 saturated carbocycles. The van der Waals surface area contributed by atoms with E-state index in [9.17, 15) is 18.3 Å². The molecule has 5 rings (SSSR count). The van der Waals surface area contributed by atoms with Crippen molar-refractivity contribution in [3.8, 4) is 5.75 Å². The van der Waals surface area contributed by atoms with E-state index in [0.29, 0.717) is 36.1 Å². The van der Waals surface area contributed by atoms with Crippen molar-refractivity contribution in [3.05, 3.63) is 138 Å². The second kappa shape index (κ2) is 14.6. The highest BCUT2D eigenvalue weighted by atomic mass is 32.2. The van der Waals surface area contributed by atoms with Gasteiger partial charge in [0.1, 0.15) is 22.5 Å². The van der Waals surface area contributed by atoms with E-state index in [1.54, 1.807) is 37.6 Å². The normalized spacial score (nSPS) is 13.6. The Hall–Kier alpha value is -4.41. The lowest BCUT2D eigenvalue weighted by Gasteiger charge is -2.36. The summed E-state index contributed by atoms with van der Waals surface area (Å²) in [4.78, 5) is 15.8. The molecule has 2 N–H and O–H groups in total. The number of ether oxygens (including phenoxy) is 2. The molecule has 0 radical (unpaired) electrons. The molecule has 4 aromatic carbocycles. The number of pyridine rings is 1. The number of aldehydes is 1. The van der Waals surface area contributed by atoms with Crippen molar-refractivity contribution in [2.75, 3.05) is 20.3 Å². The summed E-state index contributed by atoms with van der Waals surface area (Å²) in [7, 11) is -2.16. The van der Waals surface area contributed by atoms with Crippen molar-refractivity contribution in [1.82, 2.24) is 9.71 Å². The molecule has 9 heteroatoms. The number of aliphatic hydroxyl groups excluding tert-OH is 1. The summed E-state index contributed by atoms with van der Waals surface area (Å²) >= 11 is 0. The Labute approximate surface area is 263 Å². The molecule has 5 aromatic rings. The number of para-hydroxylation sites is 1. The topological polar surface area (TPSA) is 115 Å². The Kier molecular flexibility index (Phi) is 10.4. The van der Waals surface area contributed by atoms with Gasteiger partial charge in [0.25, 0.3) is 0 Å². The maximum atomic E-state index is 13.0. The molecule has 0 aliphatic heterocycles. The van der Waals surface area contributed by atoms with Crippen LogP contribution in [0.1, 0.15) is 46.3 Å². The number of nitrogens with one attached hydrogen (secondary N) is 1. The van der Waals surface area contributed by atoms with Crippen LogP contribution in [-0.4, -0.2) is 51.2 Å². The molecule has 0 aliphatic carbocycles. The Bertz CT molecular complexity index is 1810. The molecule has 1 heterocycles. The first-order chi connectivity index (χ1) is 21.9. The fourth-order valence-electron chi connectivity index (χ4n) is 5.45. The molecule has 2 unspecified atom stereocenters. The molecule has 0 fully saturated rings. The summed E-state index contributed by atoms with van der Waals surface area (Å²) in [6.45, 7) is 0.386. The van der Waals surface area contributed by atoms with Gasteiger partial charge in [-0.1, -0.05) is 84.9 Å². The summed E-state index contributed by atoms with van der Waals surface area (Å²) < 4.78 is 40.8. The zero-order chi connectivity index (χ0) is 31.7. The Balaban J connectivity index is 1.28.